The molecule has 1 unspecified atom stereocenters. The zero-order chi connectivity index (χ0) is 14.1. The minimum Gasteiger partial charge on any atom is -0.490 e. The quantitative estimate of drug-likeness (QED) is 0.603. The topological polar surface area (TPSA) is 18.5 Å². The van der Waals surface area contributed by atoms with Gasteiger partial charge in [-0.2, -0.15) is 0 Å². The summed E-state index contributed by atoms with van der Waals surface area (Å²) in [5.41, 5.74) is 1.16. The minimum absolute atomic E-state index is 0.160. The number of benzene rings is 1. The van der Waals surface area contributed by atoms with Crippen molar-refractivity contribution in [3.05, 3.63) is 44.1 Å². The zero-order valence-corrected chi connectivity index (χ0v) is 15.0. The van der Waals surface area contributed by atoms with E-state index in [1.54, 1.807) is 11.3 Å². The van der Waals surface area contributed by atoms with Crippen molar-refractivity contribution in [2.75, 3.05) is 13.2 Å². The highest BCUT2D eigenvalue weighted by atomic mass is 79.9. The number of rotatable bonds is 2. The summed E-state index contributed by atoms with van der Waals surface area (Å²) in [6.07, 6.45) is 0.920. The lowest BCUT2D eigenvalue weighted by molar-refractivity contribution is 0.297. The van der Waals surface area contributed by atoms with Gasteiger partial charge >= 0.3 is 0 Å². The number of alkyl halides is 1. The molecule has 2 nitrogen and oxygen atoms in total. The van der Waals surface area contributed by atoms with E-state index in [0.29, 0.717) is 13.2 Å². The van der Waals surface area contributed by atoms with Gasteiger partial charge in [0.1, 0.15) is 0 Å². The first-order chi connectivity index (χ1) is 9.65. The van der Waals surface area contributed by atoms with Gasteiger partial charge < -0.3 is 9.47 Å². The van der Waals surface area contributed by atoms with E-state index >= 15 is 0 Å². The van der Waals surface area contributed by atoms with E-state index in [0.717, 1.165) is 28.0 Å². The molecule has 3 rings (SSSR count). The highest BCUT2D eigenvalue weighted by Crippen LogP contribution is 2.43. The Bertz CT molecular complexity index is 624. The largest absolute Gasteiger partial charge is 0.490 e. The molecule has 0 saturated carbocycles. The van der Waals surface area contributed by atoms with Crippen molar-refractivity contribution >= 4 is 43.2 Å². The first kappa shape index (κ1) is 14.4. The second-order valence-corrected chi connectivity index (χ2v) is 7.77. The normalized spacial score (nSPS) is 15.8. The highest BCUT2D eigenvalue weighted by molar-refractivity contribution is 9.11. The highest BCUT2D eigenvalue weighted by Gasteiger charge is 2.20. The van der Waals surface area contributed by atoms with Gasteiger partial charge in [-0.25, -0.2) is 0 Å². The Morgan fingerprint density at radius 1 is 1.15 bits per heavy atom. The number of halogens is 2. The molecule has 1 aliphatic rings. The molecule has 2 aromatic rings. The fourth-order valence-electron chi connectivity index (χ4n) is 2.14. The summed E-state index contributed by atoms with van der Waals surface area (Å²) < 4.78 is 12.5. The molecular formula is C15H14Br2O2S. The lowest BCUT2D eigenvalue weighted by Gasteiger charge is -2.15. The summed E-state index contributed by atoms with van der Waals surface area (Å²) >= 11 is 9.24. The Morgan fingerprint density at radius 3 is 2.50 bits per heavy atom. The molecule has 0 radical (unpaired) electrons. The van der Waals surface area contributed by atoms with Crippen molar-refractivity contribution in [3.63, 3.8) is 0 Å². The molecule has 0 N–H and O–H groups in total. The van der Waals surface area contributed by atoms with Crippen LogP contribution in [0.3, 0.4) is 0 Å². The maximum Gasteiger partial charge on any atom is 0.162 e. The maximum absolute atomic E-state index is 5.77. The van der Waals surface area contributed by atoms with E-state index in [-0.39, 0.29) is 4.83 Å². The molecule has 1 aromatic carbocycles. The van der Waals surface area contributed by atoms with Crippen molar-refractivity contribution < 1.29 is 9.47 Å². The summed E-state index contributed by atoms with van der Waals surface area (Å²) in [6, 6.07) is 8.38. The van der Waals surface area contributed by atoms with Crippen LogP contribution in [0.2, 0.25) is 0 Å². The molecular weight excluding hydrogens is 404 g/mol. The van der Waals surface area contributed by atoms with Gasteiger partial charge in [0.05, 0.1) is 18.0 Å². The molecule has 0 saturated heterocycles. The molecule has 1 aliphatic heterocycles. The third-order valence-corrected chi connectivity index (χ3v) is 6.19. The summed E-state index contributed by atoms with van der Waals surface area (Å²) in [4.78, 5) is 2.76. The van der Waals surface area contributed by atoms with Crippen LogP contribution in [0.15, 0.2) is 28.7 Å². The number of thiophene rings is 1. The summed E-state index contributed by atoms with van der Waals surface area (Å²) in [5.74, 6) is 1.65. The second kappa shape index (κ2) is 6.08. The number of aryl methyl sites for hydroxylation is 1. The fourth-order valence-corrected chi connectivity index (χ4v) is 4.68. The first-order valence-corrected chi connectivity index (χ1v) is 8.97. The number of ether oxygens (including phenoxy) is 2. The van der Waals surface area contributed by atoms with Crippen molar-refractivity contribution in [1.29, 1.82) is 0 Å². The third kappa shape index (κ3) is 2.90. The number of hydrogen-bond acceptors (Lipinski definition) is 3. The van der Waals surface area contributed by atoms with Gasteiger partial charge in [-0.05, 0) is 36.8 Å². The SMILES string of the molecule is Cc1ccc(C(Br)c2cc3c(cc2Br)OCCCO3)s1. The Morgan fingerprint density at radius 2 is 1.85 bits per heavy atom. The lowest BCUT2D eigenvalue weighted by Crippen LogP contribution is -1.97. The predicted molar refractivity (Wildman–Crippen MR) is 89.6 cm³/mol. The Labute approximate surface area is 139 Å². The summed E-state index contributed by atoms with van der Waals surface area (Å²) in [5, 5.41) is 0. The standard InChI is InChI=1S/C15H14Br2O2S/c1-9-3-4-14(20-9)15(17)10-7-12-13(8-11(10)16)19-6-2-5-18-12/h3-4,7-8,15H,2,5-6H2,1H3. The van der Waals surface area contributed by atoms with Gasteiger partial charge in [0, 0.05) is 20.6 Å². The van der Waals surface area contributed by atoms with Gasteiger partial charge in [-0.1, -0.05) is 31.9 Å². The van der Waals surface area contributed by atoms with Crippen LogP contribution in [0, 0.1) is 6.92 Å². The van der Waals surface area contributed by atoms with Gasteiger partial charge in [-0.3, -0.25) is 0 Å². The molecule has 2 heterocycles. The summed E-state index contributed by atoms with van der Waals surface area (Å²) in [6.45, 7) is 3.54. The number of hydrogen-bond donors (Lipinski definition) is 0. The molecule has 0 aliphatic carbocycles. The predicted octanol–water partition coefficient (Wildman–Crippen LogP) is 5.46. The van der Waals surface area contributed by atoms with Crippen molar-refractivity contribution in [2.45, 2.75) is 18.2 Å². The van der Waals surface area contributed by atoms with Crippen LogP contribution in [0.25, 0.3) is 0 Å². The van der Waals surface area contributed by atoms with Crippen molar-refractivity contribution in [2.24, 2.45) is 0 Å². The van der Waals surface area contributed by atoms with Gasteiger partial charge in [0.25, 0.3) is 0 Å². The Hall–Kier alpha value is -0.520. The average molecular weight is 418 g/mol. The molecule has 0 fully saturated rings. The van der Waals surface area contributed by atoms with Gasteiger partial charge in [0.2, 0.25) is 0 Å². The molecule has 1 aromatic heterocycles. The van der Waals surface area contributed by atoms with E-state index in [9.17, 15) is 0 Å². The Balaban J connectivity index is 1.99. The molecule has 106 valence electrons. The molecule has 20 heavy (non-hydrogen) atoms. The van der Waals surface area contributed by atoms with E-state index in [1.807, 2.05) is 6.07 Å². The third-order valence-electron chi connectivity index (χ3n) is 3.15. The van der Waals surface area contributed by atoms with Crippen LogP contribution >= 0.6 is 43.2 Å². The van der Waals surface area contributed by atoms with Crippen LogP contribution < -0.4 is 9.47 Å². The Kier molecular flexibility index (Phi) is 4.38. The van der Waals surface area contributed by atoms with Crippen LogP contribution in [0.5, 0.6) is 11.5 Å². The van der Waals surface area contributed by atoms with Crippen LogP contribution in [0.1, 0.15) is 26.6 Å². The zero-order valence-electron chi connectivity index (χ0n) is 11.0. The minimum atomic E-state index is 0.160. The van der Waals surface area contributed by atoms with E-state index < -0.39 is 0 Å². The lowest BCUT2D eigenvalue weighted by atomic mass is 10.1. The average Bonchev–Trinajstić information content (AvgIpc) is 2.73. The molecule has 0 bridgehead atoms. The molecule has 0 amide bonds. The monoisotopic (exact) mass is 416 g/mol. The van der Waals surface area contributed by atoms with E-state index in [1.165, 1.54) is 9.75 Å². The van der Waals surface area contributed by atoms with Crippen molar-refractivity contribution in [3.8, 4) is 11.5 Å². The smallest absolute Gasteiger partial charge is 0.162 e. The van der Waals surface area contributed by atoms with E-state index in [2.05, 4.69) is 57.0 Å². The van der Waals surface area contributed by atoms with Crippen LogP contribution in [-0.4, -0.2) is 13.2 Å². The van der Waals surface area contributed by atoms with Crippen molar-refractivity contribution in [1.82, 2.24) is 0 Å². The second-order valence-electron chi connectivity index (χ2n) is 4.68. The molecule has 5 heteroatoms. The molecule has 1 atom stereocenters. The van der Waals surface area contributed by atoms with Crippen LogP contribution in [0.4, 0.5) is 0 Å². The molecule has 0 spiro atoms. The van der Waals surface area contributed by atoms with Crippen LogP contribution in [-0.2, 0) is 0 Å². The van der Waals surface area contributed by atoms with E-state index in [4.69, 9.17) is 9.47 Å². The summed E-state index contributed by atoms with van der Waals surface area (Å²) in [7, 11) is 0. The maximum atomic E-state index is 5.77. The van der Waals surface area contributed by atoms with Gasteiger partial charge in [0.15, 0.2) is 11.5 Å². The van der Waals surface area contributed by atoms with Gasteiger partial charge in [-0.15, -0.1) is 11.3 Å². The fraction of sp³-hybridized carbons (Fsp3) is 0.333. The number of fused-ring (bicyclic) bond motifs is 1. The first-order valence-electron chi connectivity index (χ1n) is 6.44.